The molecule has 6 heteroatoms. The van der Waals surface area contributed by atoms with Gasteiger partial charge in [-0.25, -0.2) is 0 Å². The number of unbranched alkanes of at least 4 members (excludes halogenated alkanes) is 48. The van der Waals surface area contributed by atoms with Crippen molar-refractivity contribution in [2.75, 3.05) is 13.2 Å². The minimum Gasteiger partial charge on any atom is -0.462 e. The van der Waals surface area contributed by atoms with Gasteiger partial charge in [-0.05, 0) is 77.0 Å². The van der Waals surface area contributed by atoms with Crippen molar-refractivity contribution >= 4 is 17.9 Å². The summed E-state index contributed by atoms with van der Waals surface area (Å²) in [6, 6.07) is 0. The van der Waals surface area contributed by atoms with Gasteiger partial charge in [-0.1, -0.05) is 327 Å². The van der Waals surface area contributed by atoms with Crippen LogP contribution in [-0.4, -0.2) is 37.2 Å². The van der Waals surface area contributed by atoms with E-state index in [-0.39, 0.29) is 31.1 Å². The largest absolute Gasteiger partial charge is 0.462 e. The lowest BCUT2D eigenvalue weighted by Crippen LogP contribution is -2.30. The van der Waals surface area contributed by atoms with E-state index in [2.05, 4.69) is 57.2 Å². The third-order valence-corrected chi connectivity index (χ3v) is 15.9. The van der Waals surface area contributed by atoms with E-state index in [1.165, 1.54) is 283 Å². The van der Waals surface area contributed by atoms with Crippen molar-refractivity contribution in [3.05, 3.63) is 36.5 Å². The van der Waals surface area contributed by atoms with Crippen LogP contribution in [0.25, 0.3) is 0 Å². The molecule has 0 fully saturated rings. The number of hydrogen-bond donors (Lipinski definition) is 0. The first-order chi connectivity index (χ1) is 38.5. The molecule has 0 aromatic carbocycles. The molecule has 0 aliphatic rings. The minimum atomic E-state index is -0.775. The molecule has 0 aliphatic heterocycles. The molecule has 0 saturated heterocycles. The topological polar surface area (TPSA) is 78.9 Å². The van der Waals surface area contributed by atoms with Crippen LogP contribution in [0.15, 0.2) is 36.5 Å². The summed E-state index contributed by atoms with van der Waals surface area (Å²) in [5.41, 5.74) is 0. The van der Waals surface area contributed by atoms with Crippen molar-refractivity contribution in [2.45, 2.75) is 393 Å². The molecular formula is C72H134O6. The Kier molecular flexibility index (Phi) is 65.1. The Morgan fingerprint density at radius 3 is 0.744 bits per heavy atom. The van der Waals surface area contributed by atoms with Crippen LogP contribution in [-0.2, 0) is 28.6 Å². The molecular weight excluding hydrogens is 961 g/mol. The van der Waals surface area contributed by atoms with Crippen molar-refractivity contribution < 1.29 is 28.6 Å². The summed E-state index contributed by atoms with van der Waals surface area (Å²) >= 11 is 0. The number of carbonyl (C=O) groups excluding carboxylic acids is 3. The van der Waals surface area contributed by atoms with E-state index < -0.39 is 6.10 Å². The molecule has 0 aromatic heterocycles. The van der Waals surface area contributed by atoms with Crippen LogP contribution >= 0.6 is 0 Å². The van der Waals surface area contributed by atoms with E-state index in [0.29, 0.717) is 19.3 Å². The highest BCUT2D eigenvalue weighted by molar-refractivity contribution is 5.71. The highest BCUT2D eigenvalue weighted by atomic mass is 16.6. The second-order valence-corrected chi connectivity index (χ2v) is 23.8. The average molecular weight is 1100 g/mol. The quantitative estimate of drug-likeness (QED) is 0.0261. The Morgan fingerprint density at radius 2 is 0.462 bits per heavy atom. The van der Waals surface area contributed by atoms with Gasteiger partial charge in [0, 0.05) is 19.3 Å². The van der Waals surface area contributed by atoms with Crippen molar-refractivity contribution in [3.8, 4) is 0 Å². The van der Waals surface area contributed by atoms with E-state index in [4.69, 9.17) is 14.2 Å². The molecule has 0 aliphatic carbocycles. The van der Waals surface area contributed by atoms with E-state index >= 15 is 0 Å². The maximum absolute atomic E-state index is 12.9. The summed E-state index contributed by atoms with van der Waals surface area (Å²) in [7, 11) is 0. The summed E-state index contributed by atoms with van der Waals surface area (Å²) in [6.45, 7) is 6.68. The normalized spacial score (nSPS) is 12.2. The van der Waals surface area contributed by atoms with E-state index in [1.807, 2.05) is 0 Å². The third kappa shape index (κ3) is 64.5. The van der Waals surface area contributed by atoms with Crippen molar-refractivity contribution in [1.29, 1.82) is 0 Å². The number of rotatable bonds is 65. The number of allylic oxidation sites excluding steroid dienone is 6. The summed E-state index contributed by atoms with van der Waals surface area (Å²) in [5.74, 6) is -0.851. The number of hydrogen-bond acceptors (Lipinski definition) is 6. The predicted octanol–water partition coefficient (Wildman–Crippen LogP) is 23.9. The fourth-order valence-corrected chi connectivity index (χ4v) is 10.6. The van der Waals surface area contributed by atoms with Crippen LogP contribution in [0.5, 0.6) is 0 Å². The lowest BCUT2D eigenvalue weighted by Gasteiger charge is -2.18. The molecule has 1 unspecified atom stereocenters. The lowest BCUT2D eigenvalue weighted by atomic mass is 10.0. The fourth-order valence-electron chi connectivity index (χ4n) is 10.6. The number of carbonyl (C=O) groups is 3. The monoisotopic (exact) mass is 1100 g/mol. The zero-order chi connectivity index (χ0) is 56.4. The van der Waals surface area contributed by atoms with Crippen molar-refractivity contribution in [2.24, 2.45) is 0 Å². The van der Waals surface area contributed by atoms with Crippen LogP contribution in [0.1, 0.15) is 387 Å². The molecule has 0 aromatic rings. The highest BCUT2D eigenvalue weighted by Crippen LogP contribution is 2.18. The number of esters is 3. The van der Waals surface area contributed by atoms with Gasteiger partial charge in [0.05, 0.1) is 0 Å². The molecule has 0 amide bonds. The first kappa shape index (κ1) is 75.6. The maximum atomic E-state index is 12.9. The summed E-state index contributed by atoms with van der Waals surface area (Å²) < 4.78 is 17.0. The summed E-state index contributed by atoms with van der Waals surface area (Å²) in [4.78, 5) is 38.4. The standard InChI is InChI=1S/C72H134O6/c1-4-7-10-13-16-19-22-25-28-31-33-34-35-36-37-39-41-44-47-50-53-56-59-62-65-71(74)77-68-69(67-76-70(73)64-61-58-55-52-49-46-43-40-30-27-24-21-18-15-12-9-6-3)78-72(75)66-63-60-57-54-51-48-45-42-38-32-29-26-23-20-17-14-11-8-5-2/h17,20,26-27,29-30,69H,4-16,18-19,21-25,28,31-68H2,1-3H3/b20-17-,29-26-,30-27-. The maximum Gasteiger partial charge on any atom is 0.306 e. The molecule has 0 heterocycles. The van der Waals surface area contributed by atoms with Crippen LogP contribution in [0, 0.1) is 0 Å². The summed E-state index contributed by atoms with van der Waals surface area (Å²) in [5, 5.41) is 0. The van der Waals surface area contributed by atoms with E-state index in [9.17, 15) is 14.4 Å². The van der Waals surface area contributed by atoms with Gasteiger partial charge in [-0.3, -0.25) is 14.4 Å². The van der Waals surface area contributed by atoms with Gasteiger partial charge in [0.25, 0.3) is 0 Å². The Morgan fingerprint density at radius 1 is 0.256 bits per heavy atom. The third-order valence-electron chi connectivity index (χ3n) is 15.9. The van der Waals surface area contributed by atoms with Crippen molar-refractivity contribution in [3.63, 3.8) is 0 Å². The van der Waals surface area contributed by atoms with E-state index in [0.717, 1.165) is 64.2 Å². The highest BCUT2D eigenvalue weighted by Gasteiger charge is 2.19. The molecule has 0 N–H and O–H groups in total. The predicted molar refractivity (Wildman–Crippen MR) is 339 cm³/mol. The molecule has 1 atom stereocenters. The van der Waals surface area contributed by atoms with Gasteiger partial charge in [0.1, 0.15) is 13.2 Å². The van der Waals surface area contributed by atoms with Crippen LogP contribution in [0.4, 0.5) is 0 Å². The Hall–Kier alpha value is -2.37. The molecule has 78 heavy (non-hydrogen) atoms. The number of ether oxygens (including phenoxy) is 3. The molecule has 0 saturated carbocycles. The van der Waals surface area contributed by atoms with Gasteiger partial charge in [-0.15, -0.1) is 0 Å². The lowest BCUT2D eigenvalue weighted by molar-refractivity contribution is -0.167. The zero-order valence-corrected chi connectivity index (χ0v) is 52.7. The molecule has 0 spiro atoms. The van der Waals surface area contributed by atoms with Gasteiger partial charge in [0.15, 0.2) is 6.10 Å². The first-order valence-electron chi connectivity index (χ1n) is 35.0. The Labute approximate surface area is 486 Å². The van der Waals surface area contributed by atoms with Gasteiger partial charge >= 0.3 is 17.9 Å². The molecule has 0 bridgehead atoms. The molecule has 0 rings (SSSR count). The van der Waals surface area contributed by atoms with E-state index in [1.54, 1.807) is 0 Å². The van der Waals surface area contributed by atoms with Gasteiger partial charge in [0.2, 0.25) is 0 Å². The minimum absolute atomic E-state index is 0.0704. The molecule has 6 nitrogen and oxygen atoms in total. The summed E-state index contributed by atoms with van der Waals surface area (Å²) in [6.07, 6.45) is 83.1. The van der Waals surface area contributed by atoms with Crippen LogP contribution < -0.4 is 0 Å². The smallest absolute Gasteiger partial charge is 0.306 e. The SMILES string of the molecule is CCCCC/C=C\C/C=C\CCCCCCCCCCCC(=O)OC(COC(=O)CCCCCCCCC/C=C\CCCCCCCC)COC(=O)CCCCCCCCCCCCCCCCCCCCCCCCCC. The zero-order valence-electron chi connectivity index (χ0n) is 52.7. The molecule has 458 valence electrons. The van der Waals surface area contributed by atoms with Crippen molar-refractivity contribution in [1.82, 2.24) is 0 Å². The Balaban J connectivity index is 4.29. The first-order valence-corrected chi connectivity index (χ1v) is 35.0. The fraction of sp³-hybridized carbons (Fsp3) is 0.875. The van der Waals surface area contributed by atoms with Gasteiger partial charge < -0.3 is 14.2 Å². The second kappa shape index (κ2) is 67.1. The Bertz CT molecular complexity index is 1300. The van der Waals surface area contributed by atoms with Crippen LogP contribution in [0.2, 0.25) is 0 Å². The molecule has 0 radical (unpaired) electrons. The second-order valence-electron chi connectivity index (χ2n) is 23.8. The average Bonchev–Trinajstić information content (AvgIpc) is 3.44. The van der Waals surface area contributed by atoms with Gasteiger partial charge in [-0.2, -0.15) is 0 Å². The van der Waals surface area contributed by atoms with Crippen LogP contribution in [0.3, 0.4) is 0 Å².